The first-order chi connectivity index (χ1) is 12.5. The van der Waals surface area contributed by atoms with E-state index >= 15 is 0 Å². The van der Waals surface area contributed by atoms with Crippen molar-refractivity contribution in [3.05, 3.63) is 50.7 Å². The highest BCUT2D eigenvalue weighted by Crippen LogP contribution is 2.29. The molecule has 11 heteroatoms. The van der Waals surface area contributed by atoms with E-state index in [-0.39, 0.29) is 29.4 Å². The highest BCUT2D eigenvalue weighted by Gasteiger charge is 2.28. The van der Waals surface area contributed by atoms with E-state index in [4.69, 9.17) is 4.74 Å². The number of ether oxygens (including phenoxy) is 1. The summed E-state index contributed by atoms with van der Waals surface area (Å²) in [7, 11) is -3.81. The van der Waals surface area contributed by atoms with Gasteiger partial charge in [0.05, 0.1) is 29.2 Å². The van der Waals surface area contributed by atoms with Gasteiger partial charge in [0.15, 0.2) is 0 Å². The van der Waals surface area contributed by atoms with Crippen LogP contribution >= 0.6 is 11.3 Å². The second-order valence-corrected chi connectivity index (χ2v) is 8.26. The summed E-state index contributed by atoms with van der Waals surface area (Å²) in [5, 5.41) is 17.2. The van der Waals surface area contributed by atoms with Gasteiger partial charge in [-0.3, -0.25) is 15.5 Å². The summed E-state index contributed by atoms with van der Waals surface area (Å²) in [5.41, 5.74) is 2.35. The van der Waals surface area contributed by atoms with Crippen molar-refractivity contribution in [2.45, 2.75) is 4.90 Å². The average molecular weight is 396 g/mol. The maximum absolute atomic E-state index is 12.6. The van der Waals surface area contributed by atoms with E-state index < -0.39 is 14.9 Å². The number of hydrogen-bond donors (Lipinski definition) is 1. The van der Waals surface area contributed by atoms with Crippen LogP contribution in [0.5, 0.6) is 0 Å². The van der Waals surface area contributed by atoms with Gasteiger partial charge >= 0.3 is 0 Å². The quantitative estimate of drug-likeness (QED) is 0.454. The zero-order chi connectivity index (χ0) is 18.6. The fourth-order valence-electron chi connectivity index (χ4n) is 2.38. The Bertz CT molecular complexity index is 906. The number of anilines is 1. The van der Waals surface area contributed by atoms with Crippen molar-refractivity contribution in [1.29, 1.82) is 0 Å². The Hall–Kier alpha value is -2.34. The van der Waals surface area contributed by atoms with E-state index in [9.17, 15) is 18.5 Å². The van der Waals surface area contributed by atoms with Crippen molar-refractivity contribution in [3.63, 3.8) is 0 Å². The molecule has 0 amide bonds. The van der Waals surface area contributed by atoms with Crippen molar-refractivity contribution in [3.8, 4) is 0 Å². The van der Waals surface area contributed by atoms with Gasteiger partial charge in [-0.25, -0.2) is 8.42 Å². The number of hydrazone groups is 1. The lowest BCUT2D eigenvalue weighted by molar-refractivity contribution is -0.384. The van der Waals surface area contributed by atoms with Gasteiger partial charge in [-0.2, -0.15) is 9.41 Å². The fraction of sp³-hybridized carbons (Fsp3) is 0.267. The molecular formula is C15H16N4O5S2. The number of sulfonamides is 1. The van der Waals surface area contributed by atoms with Crippen LogP contribution in [0.25, 0.3) is 0 Å². The fourth-order valence-corrected chi connectivity index (χ4v) is 4.40. The van der Waals surface area contributed by atoms with Crippen LogP contribution in [0.4, 0.5) is 11.4 Å². The monoisotopic (exact) mass is 396 g/mol. The minimum absolute atomic E-state index is 0.115. The van der Waals surface area contributed by atoms with Crippen LogP contribution in [0, 0.1) is 10.1 Å². The van der Waals surface area contributed by atoms with Crippen LogP contribution in [0.1, 0.15) is 4.88 Å². The largest absolute Gasteiger partial charge is 0.379 e. The molecule has 26 heavy (non-hydrogen) atoms. The lowest BCUT2D eigenvalue weighted by Crippen LogP contribution is -2.40. The Morgan fingerprint density at radius 3 is 2.73 bits per heavy atom. The van der Waals surface area contributed by atoms with Crippen LogP contribution in [0.3, 0.4) is 0 Å². The molecule has 1 aromatic heterocycles. The van der Waals surface area contributed by atoms with Crippen molar-refractivity contribution in [2.75, 3.05) is 31.7 Å². The smallest absolute Gasteiger partial charge is 0.295 e. The molecule has 1 saturated heterocycles. The lowest BCUT2D eigenvalue weighted by Gasteiger charge is -2.26. The number of nitrogens with zero attached hydrogens (tertiary/aromatic N) is 3. The molecule has 3 rings (SSSR count). The van der Waals surface area contributed by atoms with Crippen molar-refractivity contribution < 1.29 is 18.1 Å². The minimum Gasteiger partial charge on any atom is -0.379 e. The lowest BCUT2D eigenvalue weighted by atomic mass is 10.3. The van der Waals surface area contributed by atoms with Crippen molar-refractivity contribution in [1.82, 2.24) is 4.31 Å². The first-order valence-corrected chi connectivity index (χ1v) is 9.99. The number of nitro groups is 1. The van der Waals surface area contributed by atoms with E-state index in [1.807, 2.05) is 17.5 Å². The highest BCUT2D eigenvalue weighted by molar-refractivity contribution is 7.89. The van der Waals surface area contributed by atoms with Gasteiger partial charge in [0.25, 0.3) is 5.69 Å². The normalized spacial score (nSPS) is 16.0. The van der Waals surface area contributed by atoms with Gasteiger partial charge in [0.1, 0.15) is 5.69 Å². The van der Waals surface area contributed by atoms with Gasteiger partial charge in [0.2, 0.25) is 10.0 Å². The number of hydrogen-bond acceptors (Lipinski definition) is 8. The molecule has 0 radical (unpaired) electrons. The summed E-state index contributed by atoms with van der Waals surface area (Å²) in [6.07, 6.45) is 1.53. The van der Waals surface area contributed by atoms with Gasteiger partial charge < -0.3 is 4.74 Å². The van der Waals surface area contributed by atoms with Crippen LogP contribution in [0.2, 0.25) is 0 Å². The molecule has 0 unspecified atom stereocenters. The number of morpholine rings is 1. The number of benzene rings is 1. The van der Waals surface area contributed by atoms with Crippen LogP contribution < -0.4 is 5.43 Å². The predicted molar refractivity (Wildman–Crippen MR) is 98.2 cm³/mol. The molecule has 2 aromatic rings. The molecule has 1 N–H and O–H groups in total. The van der Waals surface area contributed by atoms with Gasteiger partial charge in [-0.05, 0) is 23.6 Å². The molecule has 0 spiro atoms. The van der Waals surface area contributed by atoms with E-state index in [0.29, 0.717) is 13.2 Å². The van der Waals surface area contributed by atoms with E-state index in [1.165, 1.54) is 34.0 Å². The van der Waals surface area contributed by atoms with Crippen LogP contribution in [0.15, 0.2) is 45.7 Å². The molecule has 138 valence electrons. The van der Waals surface area contributed by atoms with Gasteiger partial charge in [0, 0.05) is 24.0 Å². The number of nitro benzene ring substituents is 1. The van der Waals surface area contributed by atoms with E-state index in [2.05, 4.69) is 10.5 Å². The standard InChI is InChI=1S/C15H16N4O5S2/c20-19(21)15-10-13(26(22,23)18-5-7-24-8-6-18)3-4-14(15)17-16-11-12-2-1-9-25-12/h1-4,9-11,17H,5-8H2. The zero-order valence-electron chi connectivity index (χ0n) is 13.6. The first kappa shape index (κ1) is 18.5. The molecule has 1 aromatic carbocycles. The number of thiophene rings is 1. The summed E-state index contributed by atoms with van der Waals surface area (Å²) in [6.45, 7) is 1.05. The molecule has 0 atom stereocenters. The van der Waals surface area contributed by atoms with Gasteiger partial charge in [-0.1, -0.05) is 6.07 Å². The summed E-state index contributed by atoms with van der Waals surface area (Å²) in [4.78, 5) is 11.5. The molecular weight excluding hydrogens is 380 g/mol. The number of nitrogens with one attached hydrogen (secondary N) is 1. The maximum Gasteiger partial charge on any atom is 0.295 e. The molecule has 1 fully saturated rings. The van der Waals surface area contributed by atoms with Crippen LogP contribution in [-0.2, 0) is 14.8 Å². The van der Waals surface area contributed by atoms with Gasteiger partial charge in [-0.15, -0.1) is 11.3 Å². The van der Waals surface area contributed by atoms with E-state index in [0.717, 1.165) is 10.9 Å². The SMILES string of the molecule is O=[N+]([O-])c1cc(S(=O)(=O)N2CCOCC2)ccc1NN=Cc1cccs1. The Morgan fingerprint density at radius 1 is 1.31 bits per heavy atom. The third-order valence-electron chi connectivity index (χ3n) is 3.69. The predicted octanol–water partition coefficient (Wildman–Crippen LogP) is 2.12. The molecule has 1 aliphatic heterocycles. The molecule has 0 bridgehead atoms. The van der Waals surface area contributed by atoms with Crippen molar-refractivity contribution in [2.24, 2.45) is 5.10 Å². The highest BCUT2D eigenvalue weighted by atomic mass is 32.2. The summed E-state index contributed by atoms with van der Waals surface area (Å²) < 4.78 is 31.7. The Morgan fingerprint density at radius 2 is 2.08 bits per heavy atom. The van der Waals surface area contributed by atoms with E-state index in [1.54, 1.807) is 0 Å². The summed E-state index contributed by atoms with van der Waals surface area (Å²) in [5.74, 6) is 0. The summed E-state index contributed by atoms with van der Waals surface area (Å²) in [6, 6.07) is 7.44. The third-order valence-corrected chi connectivity index (χ3v) is 6.40. The Labute approximate surface area is 154 Å². The average Bonchev–Trinajstić information content (AvgIpc) is 3.16. The topological polar surface area (TPSA) is 114 Å². The Balaban J connectivity index is 1.85. The Kier molecular flexibility index (Phi) is 5.61. The second kappa shape index (κ2) is 7.91. The molecule has 2 heterocycles. The van der Waals surface area contributed by atoms with Crippen LogP contribution in [-0.4, -0.2) is 50.2 Å². The maximum atomic E-state index is 12.6. The zero-order valence-corrected chi connectivity index (χ0v) is 15.2. The molecule has 1 aliphatic rings. The summed E-state index contributed by atoms with van der Waals surface area (Å²) >= 11 is 1.47. The molecule has 0 saturated carbocycles. The van der Waals surface area contributed by atoms with Crippen molar-refractivity contribution >= 4 is 38.9 Å². The second-order valence-electron chi connectivity index (χ2n) is 5.34. The molecule has 9 nitrogen and oxygen atoms in total. The first-order valence-electron chi connectivity index (χ1n) is 7.67. The molecule has 0 aliphatic carbocycles. The third kappa shape index (κ3) is 4.07. The number of rotatable bonds is 6. The minimum atomic E-state index is -3.81.